The van der Waals surface area contributed by atoms with E-state index in [2.05, 4.69) is 26.8 Å². The Labute approximate surface area is 262 Å². The number of carbonyl (C=O) groups excluding carboxylic acids is 2. The zero-order chi connectivity index (χ0) is 31.6. The first-order valence-electron chi connectivity index (χ1n) is 14.3. The second-order valence-corrected chi connectivity index (χ2v) is 11.9. The summed E-state index contributed by atoms with van der Waals surface area (Å²) in [4.78, 5) is 31.3. The number of nitrogens with two attached hydrogens (primary N) is 1. The maximum atomic E-state index is 13.7. The van der Waals surface area contributed by atoms with Crippen LogP contribution in [0.5, 0.6) is 0 Å². The molecule has 0 radical (unpaired) electrons. The Balaban J connectivity index is 1.42. The van der Waals surface area contributed by atoms with Crippen LogP contribution in [0.1, 0.15) is 41.2 Å². The van der Waals surface area contributed by atoms with Gasteiger partial charge in [-0.05, 0) is 79.4 Å². The predicted molar refractivity (Wildman–Crippen MR) is 174 cm³/mol. The van der Waals surface area contributed by atoms with Crippen LogP contribution in [0.25, 0.3) is 22.4 Å². The summed E-state index contributed by atoms with van der Waals surface area (Å²) in [6.07, 6.45) is 3.47. The van der Waals surface area contributed by atoms with Crippen LogP contribution in [-0.4, -0.2) is 37.2 Å². The number of nitrogens with one attached hydrogen (secondary N) is 2. The molecule has 3 aromatic carbocycles. The Hall–Kier alpha value is -4.73. The van der Waals surface area contributed by atoms with Gasteiger partial charge in [-0.15, -0.1) is 0 Å². The summed E-state index contributed by atoms with van der Waals surface area (Å²) in [5, 5.41) is 10.4. The van der Waals surface area contributed by atoms with Gasteiger partial charge in [0.2, 0.25) is 5.91 Å². The van der Waals surface area contributed by atoms with Crippen molar-refractivity contribution in [3.05, 3.63) is 113 Å². The molecule has 10 heteroatoms. The molecule has 9 nitrogen and oxygen atoms in total. The zero-order valence-corrected chi connectivity index (χ0v) is 26.2. The van der Waals surface area contributed by atoms with Crippen molar-refractivity contribution in [1.82, 2.24) is 24.6 Å². The molecule has 5 aromatic rings. The van der Waals surface area contributed by atoms with Crippen LogP contribution in [0.3, 0.4) is 0 Å². The summed E-state index contributed by atoms with van der Waals surface area (Å²) in [5.74, 6) is -0.796. The second-order valence-electron chi connectivity index (χ2n) is 11.5. The fourth-order valence-corrected chi connectivity index (χ4v) is 5.36. The maximum absolute atomic E-state index is 13.7. The maximum Gasteiger partial charge on any atom is 0.270 e. The number of carbonyl (C=O) groups is 2. The molecule has 226 valence electrons. The normalized spacial score (nSPS) is 12.2. The van der Waals surface area contributed by atoms with Crippen LogP contribution in [0.4, 0.5) is 5.69 Å². The van der Waals surface area contributed by atoms with Gasteiger partial charge in [0.25, 0.3) is 5.91 Å². The number of halogens is 1. The number of hydrogen-bond donors (Lipinski definition) is 3. The van der Waals surface area contributed by atoms with E-state index in [0.29, 0.717) is 22.0 Å². The molecular weight excluding hydrogens is 574 g/mol. The average Bonchev–Trinajstić information content (AvgIpc) is 3.57. The van der Waals surface area contributed by atoms with Gasteiger partial charge in [-0.25, -0.2) is 4.98 Å². The Kier molecular flexibility index (Phi) is 8.71. The van der Waals surface area contributed by atoms with E-state index in [1.54, 1.807) is 19.4 Å². The highest BCUT2D eigenvalue weighted by molar-refractivity contribution is 6.31. The molecule has 5 rings (SSSR count). The summed E-state index contributed by atoms with van der Waals surface area (Å²) >= 11 is 6.66. The summed E-state index contributed by atoms with van der Waals surface area (Å²) in [7, 11) is 3.61. The lowest BCUT2D eigenvalue weighted by atomic mass is 9.91. The van der Waals surface area contributed by atoms with Crippen molar-refractivity contribution in [2.45, 2.75) is 38.8 Å². The van der Waals surface area contributed by atoms with Gasteiger partial charge in [-0.2, -0.15) is 5.10 Å². The Morgan fingerprint density at radius 1 is 0.977 bits per heavy atom. The first-order chi connectivity index (χ1) is 20.9. The van der Waals surface area contributed by atoms with Crippen LogP contribution in [0.2, 0.25) is 5.02 Å². The fourth-order valence-electron chi connectivity index (χ4n) is 5.17. The minimum Gasteiger partial charge on any atom is -0.339 e. The number of hydrogen-bond acceptors (Lipinski definition) is 5. The lowest BCUT2D eigenvalue weighted by molar-refractivity contribution is -0.118. The average molecular weight is 610 g/mol. The standard InChI is InChI=1S/C34H36ClN7O2/c1-21-31(41(4)20-37-21)22-9-12-27(13-10-22)39-32(43)29(40-33(44)30-15-16-38-42(30)5)19-25-17-24(11-14-28(25)35)23-7-6-8-26(18-23)34(2,3)36/h6-18,20,29H,19,36H2,1-5H3,(H,39,43)(H,40,44)/t29-/m0/s1. The van der Waals surface area contributed by atoms with Crippen molar-refractivity contribution in [3.63, 3.8) is 0 Å². The lowest BCUT2D eigenvalue weighted by Gasteiger charge is -2.21. The highest BCUT2D eigenvalue weighted by Crippen LogP contribution is 2.29. The monoisotopic (exact) mass is 609 g/mol. The van der Waals surface area contributed by atoms with E-state index in [1.165, 1.54) is 10.9 Å². The first kappa shape index (κ1) is 30.7. The molecule has 2 heterocycles. The van der Waals surface area contributed by atoms with Crippen LogP contribution >= 0.6 is 11.6 Å². The minimum atomic E-state index is -0.932. The summed E-state index contributed by atoms with van der Waals surface area (Å²) < 4.78 is 3.42. The predicted octanol–water partition coefficient (Wildman–Crippen LogP) is 5.62. The van der Waals surface area contributed by atoms with Crippen LogP contribution in [0, 0.1) is 6.92 Å². The quantitative estimate of drug-likeness (QED) is 0.200. The van der Waals surface area contributed by atoms with Crippen LogP contribution in [0.15, 0.2) is 85.3 Å². The van der Waals surface area contributed by atoms with Gasteiger partial charge in [-0.3, -0.25) is 14.3 Å². The van der Waals surface area contributed by atoms with E-state index < -0.39 is 17.5 Å². The van der Waals surface area contributed by atoms with Gasteiger partial charge in [0.15, 0.2) is 0 Å². The van der Waals surface area contributed by atoms with Crippen molar-refractivity contribution in [2.75, 3.05) is 5.32 Å². The van der Waals surface area contributed by atoms with Gasteiger partial charge >= 0.3 is 0 Å². The topological polar surface area (TPSA) is 120 Å². The number of benzene rings is 3. The van der Waals surface area contributed by atoms with Crippen molar-refractivity contribution >= 4 is 29.1 Å². The molecule has 0 bridgehead atoms. The van der Waals surface area contributed by atoms with Crippen LogP contribution < -0.4 is 16.4 Å². The van der Waals surface area contributed by atoms with E-state index in [0.717, 1.165) is 33.6 Å². The molecule has 0 aliphatic heterocycles. The molecular formula is C34H36ClN7O2. The number of nitrogens with zero attached hydrogens (tertiary/aromatic N) is 4. The van der Waals surface area contributed by atoms with E-state index in [1.807, 2.05) is 93.0 Å². The van der Waals surface area contributed by atoms with Crippen molar-refractivity contribution in [3.8, 4) is 22.4 Å². The second kappa shape index (κ2) is 12.5. The Morgan fingerprint density at radius 2 is 1.68 bits per heavy atom. The third kappa shape index (κ3) is 6.74. The molecule has 0 spiro atoms. The number of imidazole rings is 1. The van der Waals surface area contributed by atoms with Crippen molar-refractivity contribution in [2.24, 2.45) is 19.8 Å². The molecule has 0 fully saturated rings. The largest absolute Gasteiger partial charge is 0.339 e. The SMILES string of the molecule is Cc1ncn(C)c1-c1ccc(NC(=O)[C@H](Cc2cc(-c3cccc(C(C)(C)N)c3)ccc2Cl)NC(=O)c2ccnn2C)cc1. The third-order valence-corrected chi connectivity index (χ3v) is 8.00. The highest BCUT2D eigenvalue weighted by Gasteiger charge is 2.25. The zero-order valence-electron chi connectivity index (χ0n) is 25.4. The molecule has 4 N–H and O–H groups in total. The molecule has 0 aliphatic carbocycles. The highest BCUT2D eigenvalue weighted by atomic mass is 35.5. The molecule has 0 saturated carbocycles. The Morgan fingerprint density at radius 3 is 2.32 bits per heavy atom. The first-order valence-corrected chi connectivity index (χ1v) is 14.6. The van der Waals surface area contributed by atoms with Gasteiger partial charge in [0.1, 0.15) is 11.7 Å². The lowest BCUT2D eigenvalue weighted by Crippen LogP contribution is -2.45. The van der Waals surface area contributed by atoms with Crippen molar-refractivity contribution in [1.29, 1.82) is 0 Å². The van der Waals surface area contributed by atoms with Gasteiger partial charge in [0, 0.05) is 48.5 Å². The molecule has 1 atom stereocenters. The number of anilines is 1. The van der Waals surface area contributed by atoms with E-state index in [-0.39, 0.29) is 12.3 Å². The van der Waals surface area contributed by atoms with Gasteiger partial charge in [0.05, 0.1) is 17.7 Å². The molecule has 2 amide bonds. The van der Waals surface area contributed by atoms with Crippen molar-refractivity contribution < 1.29 is 9.59 Å². The molecule has 0 aliphatic rings. The van der Waals surface area contributed by atoms with E-state index in [9.17, 15) is 9.59 Å². The number of aromatic nitrogens is 4. The van der Waals surface area contributed by atoms with Crippen LogP contribution in [-0.2, 0) is 30.8 Å². The molecule has 0 saturated heterocycles. The molecule has 0 unspecified atom stereocenters. The number of amides is 2. The van der Waals surface area contributed by atoms with Gasteiger partial charge < -0.3 is 20.9 Å². The summed E-state index contributed by atoms with van der Waals surface area (Å²) in [6.45, 7) is 5.87. The van der Waals surface area contributed by atoms with E-state index >= 15 is 0 Å². The summed E-state index contributed by atoms with van der Waals surface area (Å²) in [5.41, 5.74) is 13.3. The summed E-state index contributed by atoms with van der Waals surface area (Å²) in [6, 6.07) is 21.9. The molecule has 2 aromatic heterocycles. The number of rotatable bonds is 9. The fraction of sp³-hybridized carbons (Fsp3) is 0.235. The minimum absolute atomic E-state index is 0.163. The smallest absolute Gasteiger partial charge is 0.270 e. The third-order valence-electron chi connectivity index (χ3n) is 7.63. The molecule has 44 heavy (non-hydrogen) atoms. The van der Waals surface area contributed by atoms with Gasteiger partial charge in [-0.1, -0.05) is 48.0 Å². The number of aryl methyl sites for hydroxylation is 3. The van der Waals surface area contributed by atoms with E-state index in [4.69, 9.17) is 17.3 Å². The Bertz CT molecular complexity index is 1800.